The summed E-state index contributed by atoms with van der Waals surface area (Å²) in [6.45, 7) is 1.87. The summed E-state index contributed by atoms with van der Waals surface area (Å²) in [6, 6.07) is 6.81. The zero-order valence-corrected chi connectivity index (χ0v) is 10.9. The minimum Gasteiger partial charge on any atom is -0.465 e. The summed E-state index contributed by atoms with van der Waals surface area (Å²) in [5.74, 6) is -1.10. The third-order valence-electron chi connectivity index (χ3n) is 2.84. The van der Waals surface area contributed by atoms with E-state index in [4.69, 9.17) is 4.74 Å². The second-order valence-electron chi connectivity index (χ2n) is 4.01. The molecule has 0 radical (unpaired) electrons. The van der Waals surface area contributed by atoms with E-state index in [9.17, 15) is 9.59 Å². The van der Waals surface area contributed by atoms with Crippen LogP contribution in [0.5, 0.6) is 0 Å². The molecule has 0 atom stereocenters. The summed E-state index contributed by atoms with van der Waals surface area (Å²) in [7, 11) is 2.56. The van der Waals surface area contributed by atoms with E-state index in [1.807, 2.05) is 19.1 Å². The van der Waals surface area contributed by atoms with E-state index in [1.165, 1.54) is 20.3 Å². The lowest BCUT2D eigenvalue weighted by molar-refractivity contribution is 0.0594. The number of nitrogens with zero attached hydrogens (tertiary/aromatic N) is 1. The maximum Gasteiger partial charge on any atom is 0.356 e. The van der Waals surface area contributed by atoms with Gasteiger partial charge < -0.3 is 9.47 Å². The van der Waals surface area contributed by atoms with Crippen molar-refractivity contribution in [1.82, 2.24) is 4.98 Å². The Balaban J connectivity index is 2.80. The molecule has 1 aromatic heterocycles. The fourth-order valence-corrected chi connectivity index (χ4v) is 1.95. The minimum absolute atomic E-state index is 0.0843. The van der Waals surface area contributed by atoms with Crippen LogP contribution in [0.2, 0.25) is 0 Å². The van der Waals surface area contributed by atoms with Crippen molar-refractivity contribution < 1.29 is 19.1 Å². The molecule has 0 aliphatic carbocycles. The van der Waals surface area contributed by atoms with Gasteiger partial charge in [0, 0.05) is 5.39 Å². The minimum atomic E-state index is -0.589. The molecule has 0 amide bonds. The number of fused-ring (bicyclic) bond motifs is 1. The monoisotopic (exact) mass is 259 g/mol. The highest BCUT2D eigenvalue weighted by molar-refractivity contribution is 6.06. The number of carbonyl (C=O) groups is 2. The molecule has 0 aliphatic heterocycles. The first kappa shape index (κ1) is 13.0. The van der Waals surface area contributed by atoms with Gasteiger partial charge in [0.2, 0.25) is 0 Å². The van der Waals surface area contributed by atoms with Crippen LogP contribution >= 0.6 is 0 Å². The average Bonchev–Trinajstić information content (AvgIpc) is 2.44. The van der Waals surface area contributed by atoms with Crippen LogP contribution in [0.4, 0.5) is 0 Å². The molecule has 0 saturated carbocycles. The van der Waals surface area contributed by atoms with E-state index in [1.54, 1.807) is 6.07 Å². The van der Waals surface area contributed by atoms with Crippen molar-refractivity contribution in [2.24, 2.45) is 0 Å². The van der Waals surface area contributed by atoms with Crippen molar-refractivity contribution in [2.75, 3.05) is 14.2 Å². The van der Waals surface area contributed by atoms with Crippen molar-refractivity contribution in [3.05, 3.63) is 41.1 Å². The van der Waals surface area contributed by atoms with Crippen molar-refractivity contribution >= 4 is 22.8 Å². The van der Waals surface area contributed by atoms with Gasteiger partial charge in [-0.2, -0.15) is 0 Å². The topological polar surface area (TPSA) is 65.5 Å². The largest absolute Gasteiger partial charge is 0.465 e. The standard InChI is InChI=1S/C14H13NO4/c1-8-5-4-6-10-12(8)9(13(16)18-2)7-11(15-10)14(17)19-3/h4-7H,1-3H3. The normalized spacial score (nSPS) is 10.3. The predicted octanol–water partition coefficient (Wildman–Crippen LogP) is 2.12. The number of pyridine rings is 1. The van der Waals surface area contributed by atoms with E-state index in [-0.39, 0.29) is 5.69 Å². The summed E-state index contributed by atoms with van der Waals surface area (Å²) < 4.78 is 9.38. The highest BCUT2D eigenvalue weighted by Crippen LogP contribution is 2.23. The number of carbonyl (C=O) groups excluding carboxylic acids is 2. The van der Waals surface area contributed by atoms with Crippen LogP contribution in [0.15, 0.2) is 24.3 Å². The number of rotatable bonds is 2. The average molecular weight is 259 g/mol. The molecule has 0 fully saturated rings. The van der Waals surface area contributed by atoms with Gasteiger partial charge in [0.1, 0.15) is 5.69 Å². The van der Waals surface area contributed by atoms with Gasteiger partial charge >= 0.3 is 11.9 Å². The maximum atomic E-state index is 11.8. The van der Waals surface area contributed by atoms with E-state index >= 15 is 0 Å². The van der Waals surface area contributed by atoms with E-state index in [2.05, 4.69) is 9.72 Å². The number of benzene rings is 1. The van der Waals surface area contributed by atoms with Crippen LogP contribution in [-0.4, -0.2) is 31.1 Å². The van der Waals surface area contributed by atoms with Gasteiger partial charge in [-0.15, -0.1) is 0 Å². The maximum absolute atomic E-state index is 11.8. The molecule has 0 unspecified atom stereocenters. The second-order valence-corrected chi connectivity index (χ2v) is 4.01. The summed E-state index contributed by atoms with van der Waals surface area (Å²) in [5, 5.41) is 0.682. The van der Waals surface area contributed by atoms with Gasteiger partial charge in [0.15, 0.2) is 0 Å². The number of hydrogen-bond donors (Lipinski definition) is 0. The Bertz CT molecular complexity index is 664. The molecule has 1 heterocycles. The Morgan fingerprint density at radius 3 is 2.42 bits per heavy atom. The zero-order chi connectivity index (χ0) is 14.0. The lowest BCUT2D eigenvalue weighted by Crippen LogP contribution is -2.10. The number of ether oxygens (including phenoxy) is 2. The second kappa shape index (κ2) is 5.06. The van der Waals surface area contributed by atoms with Crippen LogP contribution in [0, 0.1) is 6.92 Å². The SMILES string of the molecule is COC(=O)c1cc(C(=O)OC)c2c(C)cccc2n1. The first-order chi connectivity index (χ1) is 9.08. The van der Waals surface area contributed by atoms with Crippen LogP contribution in [0.1, 0.15) is 26.4 Å². The summed E-state index contributed by atoms with van der Waals surface area (Å²) in [5.41, 5.74) is 1.84. The smallest absolute Gasteiger partial charge is 0.356 e. The molecule has 2 rings (SSSR count). The van der Waals surface area contributed by atoms with Gasteiger partial charge in [0.25, 0.3) is 0 Å². The van der Waals surface area contributed by atoms with Crippen molar-refractivity contribution in [1.29, 1.82) is 0 Å². The van der Waals surface area contributed by atoms with Gasteiger partial charge in [-0.1, -0.05) is 12.1 Å². The number of aromatic nitrogens is 1. The summed E-state index contributed by atoms with van der Waals surface area (Å²) in [6.07, 6.45) is 0. The molecule has 5 nitrogen and oxygen atoms in total. The summed E-state index contributed by atoms with van der Waals surface area (Å²) >= 11 is 0. The molecule has 1 aromatic carbocycles. The van der Waals surface area contributed by atoms with Gasteiger partial charge in [-0.3, -0.25) is 0 Å². The molecule has 5 heteroatoms. The molecule has 19 heavy (non-hydrogen) atoms. The van der Waals surface area contributed by atoms with Crippen LogP contribution < -0.4 is 0 Å². The molecule has 0 spiro atoms. The molecular weight excluding hydrogens is 246 g/mol. The third-order valence-corrected chi connectivity index (χ3v) is 2.84. The molecule has 0 bridgehead atoms. The van der Waals surface area contributed by atoms with Crippen molar-refractivity contribution in [2.45, 2.75) is 6.92 Å². The van der Waals surface area contributed by atoms with Gasteiger partial charge in [-0.05, 0) is 24.6 Å². The van der Waals surface area contributed by atoms with E-state index < -0.39 is 11.9 Å². The fraction of sp³-hybridized carbons (Fsp3) is 0.214. The zero-order valence-electron chi connectivity index (χ0n) is 10.9. The quantitative estimate of drug-likeness (QED) is 0.773. The van der Waals surface area contributed by atoms with Crippen LogP contribution in [-0.2, 0) is 9.47 Å². The Kier molecular flexibility index (Phi) is 3.46. The van der Waals surface area contributed by atoms with E-state index in [0.29, 0.717) is 16.5 Å². The summed E-state index contributed by atoms with van der Waals surface area (Å²) in [4.78, 5) is 27.6. The lowest BCUT2D eigenvalue weighted by Gasteiger charge is -2.09. The van der Waals surface area contributed by atoms with Crippen LogP contribution in [0.25, 0.3) is 10.9 Å². The molecule has 0 saturated heterocycles. The number of aryl methyl sites for hydroxylation is 1. The van der Waals surface area contributed by atoms with E-state index in [0.717, 1.165) is 5.56 Å². The highest BCUT2D eigenvalue weighted by atomic mass is 16.5. The predicted molar refractivity (Wildman–Crippen MR) is 69.2 cm³/mol. The fourth-order valence-electron chi connectivity index (χ4n) is 1.95. The first-order valence-electron chi connectivity index (χ1n) is 5.65. The van der Waals surface area contributed by atoms with Gasteiger partial charge in [0.05, 0.1) is 25.3 Å². The van der Waals surface area contributed by atoms with Crippen molar-refractivity contribution in [3.63, 3.8) is 0 Å². The van der Waals surface area contributed by atoms with Crippen molar-refractivity contribution in [3.8, 4) is 0 Å². The molecule has 0 N–H and O–H groups in total. The number of hydrogen-bond acceptors (Lipinski definition) is 5. The Morgan fingerprint density at radius 1 is 1.11 bits per heavy atom. The molecular formula is C14H13NO4. The Hall–Kier alpha value is -2.43. The first-order valence-corrected chi connectivity index (χ1v) is 5.65. The highest BCUT2D eigenvalue weighted by Gasteiger charge is 2.18. The Labute approximate surface area is 110 Å². The lowest BCUT2D eigenvalue weighted by atomic mass is 10.0. The molecule has 98 valence electrons. The third kappa shape index (κ3) is 2.27. The van der Waals surface area contributed by atoms with Gasteiger partial charge in [-0.25, -0.2) is 14.6 Å². The molecule has 0 aliphatic rings. The Morgan fingerprint density at radius 2 is 1.79 bits per heavy atom. The van der Waals surface area contributed by atoms with Crippen LogP contribution in [0.3, 0.4) is 0 Å². The number of esters is 2. The number of methoxy groups -OCH3 is 2. The molecule has 2 aromatic rings.